The Morgan fingerprint density at radius 1 is 1.23 bits per heavy atom. The molecule has 0 spiro atoms. The molecule has 0 aromatic heterocycles. The first-order valence-electron chi connectivity index (χ1n) is 3.64. The van der Waals surface area contributed by atoms with Crippen LogP contribution in [0.2, 0.25) is 0 Å². The van der Waals surface area contributed by atoms with E-state index in [1.165, 1.54) is 0 Å². The third-order valence-corrected chi connectivity index (χ3v) is 2.01. The normalized spacial score (nSPS) is 14.5. The Bertz CT molecular complexity index is 235. The van der Waals surface area contributed by atoms with Crippen LogP contribution in [-0.2, 0) is 4.79 Å². The Kier molecular flexibility index (Phi) is 4.10. The van der Waals surface area contributed by atoms with Gasteiger partial charge in [-0.25, -0.2) is 0 Å². The molecule has 5 heteroatoms. The molecule has 0 fully saturated rings. The van der Waals surface area contributed by atoms with Crippen molar-refractivity contribution in [3.63, 3.8) is 0 Å². The molecule has 0 aliphatic rings. The minimum Gasteiger partial charge on any atom is -0.398 e. The molecule has 76 valence electrons. The molecule has 0 radical (unpaired) electrons. The molecule has 0 bridgehead atoms. The van der Waals surface area contributed by atoms with Gasteiger partial charge in [0.1, 0.15) is 0 Å². The number of carbonyl (C=O) groups is 1. The lowest BCUT2D eigenvalue weighted by Crippen LogP contribution is -2.23. The van der Waals surface area contributed by atoms with Gasteiger partial charge in [0, 0.05) is 11.5 Å². The standard InChI is InChI=1S/C8H12Cl3NO/c1-7(2,3)6(13)4-5(12)8(9,10)11/h4H,12H2,1-3H3/b5-4+. The second-order valence-electron chi connectivity index (χ2n) is 3.71. The Morgan fingerprint density at radius 3 is 1.85 bits per heavy atom. The number of hydrogen-bond donors (Lipinski definition) is 1. The molecule has 0 atom stereocenters. The minimum absolute atomic E-state index is 0.0579. The number of alkyl halides is 3. The van der Waals surface area contributed by atoms with Crippen molar-refractivity contribution in [2.45, 2.75) is 24.6 Å². The Hall–Kier alpha value is 0.0800. The fourth-order valence-electron chi connectivity index (χ4n) is 0.440. The number of rotatable bonds is 1. The smallest absolute Gasteiger partial charge is 0.230 e. The lowest BCUT2D eigenvalue weighted by molar-refractivity contribution is -0.121. The molecule has 0 heterocycles. The van der Waals surface area contributed by atoms with Crippen LogP contribution in [0.4, 0.5) is 0 Å². The molecule has 0 saturated heterocycles. The molecule has 13 heavy (non-hydrogen) atoms. The molecule has 0 aromatic rings. The summed E-state index contributed by atoms with van der Waals surface area (Å²) in [4.78, 5) is 11.4. The van der Waals surface area contributed by atoms with Crippen LogP contribution in [0.25, 0.3) is 0 Å². The first kappa shape index (κ1) is 13.1. The van der Waals surface area contributed by atoms with E-state index >= 15 is 0 Å². The minimum atomic E-state index is -1.71. The highest BCUT2D eigenvalue weighted by atomic mass is 35.6. The van der Waals surface area contributed by atoms with Crippen molar-refractivity contribution < 1.29 is 4.79 Å². The van der Waals surface area contributed by atoms with Gasteiger partial charge < -0.3 is 5.73 Å². The van der Waals surface area contributed by atoms with Gasteiger partial charge in [-0.1, -0.05) is 55.6 Å². The Morgan fingerprint density at radius 2 is 1.62 bits per heavy atom. The van der Waals surface area contributed by atoms with Crippen molar-refractivity contribution in [2.24, 2.45) is 11.1 Å². The van der Waals surface area contributed by atoms with Gasteiger partial charge in [0.2, 0.25) is 3.79 Å². The highest BCUT2D eigenvalue weighted by molar-refractivity contribution is 6.69. The summed E-state index contributed by atoms with van der Waals surface area (Å²) >= 11 is 16.4. The first-order valence-corrected chi connectivity index (χ1v) is 4.77. The maximum atomic E-state index is 11.4. The number of allylic oxidation sites excluding steroid dienone is 2. The van der Waals surface area contributed by atoms with Gasteiger partial charge in [-0.3, -0.25) is 4.79 Å². The average Bonchev–Trinajstić information content (AvgIpc) is 1.82. The Labute approximate surface area is 93.0 Å². The van der Waals surface area contributed by atoms with Crippen LogP contribution in [0.5, 0.6) is 0 Å². The zero-order chi connectivity index (χ0) is 10.9. The summed E-state index contributed by atoms with van der Waals surface area (Å²) in [5, 5.41) is 0. The maximum absolute atomic E-state index is 11.4. The van der Waals surface area contributed by atoms with E-state index in [2.05, 4.69) is 0 Å². The molecule has 0 aliphatic heterocycles. The van der Waals surface area contributed by atoms with E-state index in [1.54, 1.807) is 20.8 Å². The predicted octanol–water partition coefficient (Wildman–Crippen LogP) is 2.81. The summed E-state index contributed by atoms with van der Waals surface area (Å²) < 4.78 is -1.71. The van der Waals surface area contributed by atoms with E-state index in [4.69, 9.17) is 40.5 Å². The summed E-state index contributed by atoms with van der Waals surface area (Å²) in [7, 11) is 0. The topological polar surface area (TPSA) is 43.1 Å². The quantitative estimate of drug-likeness (QED) is 0.569. The van der Waals surface area contributed by atoms with Gasteiger partial charge in [0.15, 0.2) is 5.78 Å². The van der Waals surface area contributed by atoms with Gasteiger partial charge in [0.05, 0.1) is 5.70 Å². The second-order valence-corrected chi connectivity index (χ2v) is 5.99. The summed E-state index contributed by atoms with van der Waals surface area (Å²) in [6, 6.07) is 0. The van der Waals surface area contributed by atoms with Crippen molar-refractivity contribution in [2.75, 3.05) is 0 Å². The Balaban J connectivity index is 4.70. The van der Waals surface area contributed by atoms with E-state index in [9.17, 15) is 4.79 Å². The van der Waals surface area contributed by atoms with Crippen LogP contribution in [0, 0.1) is 5.41 Å². The van der Waals surface area contributed by atoms with E-state index in [1.807, 2.05) is 0 Å². The van der Waals surface area contributed by atoms with Crippen LogP contribution in [0.15, 0.2) is 11.8 Å². The molecule has 0 aromatic carbocycles. The fourth-order valence-corrected chi connectivity index (χ4v) is 0.603. The van der Waals surface area contributed by atoms with Crippen molar-refractivity contribution in [1.82, 2.24) is 0 Å². The molecule has 2 nitrogen and oxygen atoms in total. The molecule has 2 N–H and O–H groups in total. The summed E-state index contributed by atoms with van der Waals surface area (Å²) in [6.07, 6.45) is 1.16. The lowest BCUT2D eigenvalue weighted by Gasteiger charge is -2.16. The summed E-state index contributed by atoms with van der Waals surface area (Å²) in [5.41, 5.74) is 4.82. The monoisotopic (exact) mass is 243 g/mol. The van der Waals surface area contributed by atoms with Gasteiger partial charge in [-0.15, -0.1) is 0 Å². The zero-order valence-electron chi connectivity index (χ0n) is 7.70. The van der Waals surface area contributed by atoms with E-state index in [0.29, 0.717) is 0 Å². The predicted molar refractivity (Wildman–Crippen MR) is 57.0 cm³/mol. The third-order valence-electron chi connectivity index (χ3n) is 1.35. The van der Waals surface area contributed by atoms with E-state index in [0.717, 1.165) is 6.08 Å². The molecular formula is C8H12Cl3NO. The third kappa shape index (κ3) is 4.75. The van der Waals surface area contributed by atoms with Crippen LogP contribution >= 0.6 is 34.8 Å². The van der Waals surface area contributed by atoms with Crippen molar-refractivity contribution in [1.29, 1.82) is 0 Å². The zero-order valence-corrected chi connectivity index (χ0v) is 9.96. The summed E-state index contributed by atoms with van der Waals surface area (Å²) in [6.45, 7) is 5.28. The fraction of sp³-hybridized carbons (Fsp3) is 0.625. The molecule has 0 saturated carbocycles. The number of ketones is 1. The second kappa shape index (κ2) is 4.07. The van der Waals surface area contributed by atoms with Crippen LogP contribution < -0.4 is 5.73 Å². The van der Waals surface area contributed by atoms with Crippen LogP contribution in [0.1, 0.15) is 20.8 Å². The summed E-state index contributed by atoms with van der Waals surface area (Å²) in [5.74, 6) is -0.170. The number of nitrogens with two attached hydrogens (primary N) is 1. The first-order chi connectivity index (χ1) is 5.55. The largest absolute Gasteiger partial charge is 0.398 e. The van der Waals surface area contributed by atoms with E-state index in [-0.39, 0.29) is 11.5 Å². The van der Waals surface area contributed by atoms with Gasteiger partial charge in [-0.2, -0.15) is 0 Å². The maximum Gasteiger partial charge on any atom is 0.230 e. The molecule has 0 unspecified atom stereocenters. The molecule has 0 aliphatic carbocycles. The highest BCUT2D eigenvalue weighted by Gasteiger charge is 2.27. The lowest BCUT2D eigenvalue weighted by atomic mass is 9.90. The van der Waals surface area contributed by atoms with Crippen molar-refractivity contribution in [3.05, 3.63) is 11.8 Å². The number of hydrogen-bond acceptors (Lipinski definition) is 2. The van der Waals surface area contributed by atoms with Gasteiger partial charge >= 0.3 is 0 Å². The molecular weight excluding hydrogens is 232 g/mol. The number of carbonyl (C=O) groups excluding carboxylic acids is 1. The molecule has 0 amide bonds. The SMILES string of the molecule is CC(C)(C)C(=O)/C=C(/N)C(Cl)(Cl)Cl. The van der Waals surface area contributed by atoms with Gasteiger partial charge in [0.25, 0.3) is 0 Å². The van der Waals surface area contributed by atoms with Crippen molar-refractivity contribution >= 4 is 40.6 Å². The van der Waals surface area contributed by atoms with Crippen LogP contribution in [-0.4, -0.2) is 9.58 Å². The van der Waals surface area contributed by atoms with Crippen LogP contribution in [0.3, 0.4) is 0 Å². The highest BCUT2D eigenvalue weighted by Crippen LogP contribution is 2.32. The molecule has 0 rings (SSSR count). The average molecular weight is 245 g/mol. The van der Waals surface area contributed by atoms with E-state index < -0.39 is 9.21 Å². The number of halogens is 3. The van der Waals surface area contributed by atoms with Gasteiger partial charge in [-0.05, 0) is 0 Å². The van der Waals surface area contributed by atoms with Crippen molar-refractivity contribution in [3.8, 4) is 0 Å².